The summed E-state index contributed by atoms with van der Waals surface area (Å²) in [5.41, 5.74) is 3.57. The standard InChI is InChI=1S/C26H22ClN3O3/c1-17-6-9-22(10-7-17)29-25(31)16-33-24-11-8-21(27)14-19(24)13-20(15-28)26(32)30-23-5-3-4-18(2)12-23/h3-14H,16H2,1-2H3,(H,29,31)(H,30,32)/b20-13+. The first-order chi connectivity index (χ1) is 15.8. The summed E-state index contributed by atoms with van der Waals surface area (Å²) < 4.78 is 5.65. The van der Waals surface area contributed by atoms with Crippen molar-refractivity contribution in [3.05, 3.63) is 94.0 Å². The van der Waals surface area contributed by atoms with E-state index in [4.69, 9.17) is 16.3 Å². The monoisotopic (exact) mass is 459 g/mol. The Hall–Kier alpha value is -4.08. The van der Waals surface area contributed by atoms with Crippen molar-refractivity contribution in [2.75, 3.05) is 17.2 Å². The third-order valence-electron chi connectivity index (χ3n) is 4.61. The van der Waals surface area contributed by atoms with E-state index in [1.165, 1.54) is 6.08 Å². The molecule has 0 saturated carbocycles. The molecule has 0 radical (unpaired) electrons. The van der Waals surface area contributed by atoms with E-state index in [2.05, 4.69) is 10.6 Å². The van der Waals surface area contributed by atoms with E-state index >= 15 is 0 Å². The van der Waals surface area contributed by atoms with Gasteiger partial charge in [0.2, 0.25) is 0 Å². The molecular formula is C26H22ClN3O3. The highest BCUT2D eigenvalue weighted by atomic mass is 35.5. The lowest BCUT2D eigenvalue weighted by Gasteiger charge is -2.11. The highest BCUT2D eigenvalue weighted by molar-refractivity contribution is 6.30. The summed E-state index contributed by atoms with van der Waals surface area (Å²) in [4.78, 5) is 24.9. The number of carbonyl (C=O) groups is 2. The molecule has 2 N–H and O–H groups in total. The van der Waals surface area contributed by atoms with Crippen LogP contribution >= 0.6 is 11.6 Å². The summed E-state index contributed by atoms with van der Waals surface area (Å²) in [6, 6.07) is 21.3. The van der Waals surface area contributed by atoms with Crippen LogP contribution < -0.4 is 15.4 Å². The van der Waals surface area contributed by atoms with Crippen LogP contribution in [0.5, 0.6) is 5.75 Å². The summed E-state index contributed by atoms with van der Waals surface area (Å²) in [6.45, 7) is 3.61. The number of benzene rings is 3. The Labute approximate surface area is 197 Å². The maximum atomic E-state index is 12.6. The minimum absolute atomic E-state index is 0.132. The Morgan fingerprint density at radius 1 is 0.970 bits per heavy atom. The van der Waals surface area contributed by atoms with E-state index in [1.807, 2.05) is 44.2 Å². The second-order valence-electron chi connectivity index (χ2n) is 7.38. The summed E-state index contributed by atoms with van der Waals surface area (Å²) in [5, 5.41) is 15.4. The number of rotatable bonds is 7. The number of hydrogen-bond acceptors (Lipinski definition) is 4. The van der Waals surface area contributed by atoms with Gasteiger partial charge in [0.15, 0.2) is 6.61 Å². The van der Waals surface area contributed by atoms with Gasteiger partial charge in [0, 0.05) is 22.0 Å². The summed E-state index contributed by atoms with van der Waals surface area (Å²) in [5.74, 6) is -0.595. The van der Waals surface area contributed by atoms with E-state index in [1.54, 1.807) is 42.5 Å². The molecule has 0 heterocycles. The van der Waals surface area contributed by atoms with E-state index in [-0.39, 0.29) is 18.1 Å². The van der Waals surface area contributed by atoms with Crippen molar-refractivity contribution in [3.63, 3.8) is 0 Å². The number of nitrogens with zero attached hydrogens (tertiary/aromatic N) is 1. The van der Waals surface area contributed by atoms with Crippen LogP contribution in [0.25, 0.3) is 6.08 Å². The molecule has 0 saturated heterocycles. The fraction of sp³-hybridized carbons (Fsp3) is 0.115. The minimum atomic E-state index is -0.564. The molecule has 0 aliphatic heterocycles. The number of nitrogens with one attached hydrogen (secondary N) is 2. The molecule has 33 heavy (non-hydrogen) atoms. The number of hydrogen-bond donors (Lipinski definition) is 2. The van der Waals surface area contributed by atoms with Crippen LogP contribution in [-0.2, 0) is 9.59 Å². The van der Waals surface area contributed by atoms with Crippen LogP contribution in [-0.4, -0.2) is 18.4 Å². The summed E-state index contributed by atoms with van der Waals surface area (Å²) in [7, 11) is 0. The molecule has 0 fully saturated rings. The predicted octanol–water partition coefficient (Wildman–Crippen LogP) is 5.52. The zero-order valence-electron chi connectivity index (χ0n) is 18.2. The fourth-order valence-corrected chi connectivity index (χ4v) is 3.15. The first kappa shape index (κ1) is 23.6. The lowest BCUT2D eigenvalue weighted by Crippen LogP contribution is -2.20. The topological polar surface area (TPSA) is 91.2 Å². The van der Waals surface area contributed by atoms with Crippen molar-refractivity contribution in [2.24, 2.45) is 0 Å². The largest absolute Gasteiger partial charge is 0.483 e. The number of nitriles is 1. The van der Waals surface area contributed by atoms with Crippen LogP contribution in [0.4, 0.5) is 11.4 Å². The van der Waals surface area contributed by atoms with Crippen molar-refractivity contribution >= 4 is 40.9 Å². The minimum Gasteiger partial charge on any atom is -0.483 e. The molecule has 166 valence electrons. The normalized spacial score (nSPS) is 10.8. The number of carbonyl (C=O) groups excluding carboxylic acids is 2. The third kappa shape index (κ3) is 6.96. The zero-order chi connectivity index (χ0) is 23.8. The van der Waals surface area contributed by atoms with Gasteiger partial charge < -0.3 is 15.4 Å². The van der Waals surface area contributed by atoms with Crippen molar-refractivity contribution in [1.82, 2.24) is 0 Å². The molecule has 0 atom stereocenters. The lowest BCUT2D eigenvalue weighted by atomic mass is 10.1. The van der Waals surface area contributed by atoms with Gasteiger partial charge in [-0.05, 0) is 68.0 Å². The zero-order valence-corrected chi connectivity index (χ0v) is 18.9. The maximum Gasteiger partial charge on any atom is 0.266 e. The van der Waals surface area contributed by atoms with Gasteiger partial charge in [-0.1, -0.05) is 41.4 Å². The highest BCUT2D eigenvalue weighted by Gasteiger charge is 2.13. The summed E-state index contributed by atoms with van der Waals surface area (Å²) in [6.07, 6.45) is 1.38. The average Bonchev–Trinajstić information content (AvgIpc) is 2.78. The van der Waals surface area contributed by atoms with Gasteiger partial charge in [-0.2, -0.15) is 5.26 Å². The molecule has 3 rings (SSSR count). The van der Waals surface area contributed by atoms with Gasteiger partial charge in [-0.3, -0.25) is 9.59 Å². The fourth-order valence-electron chi connectivity index (χ4n) is 2.97. The molecule has 3 aromatic carbocycles. The highest BCUT2D eigenvalue weighted by Crippen LogP contribution is 2.26. The van der Waals surface area contributed by atoms with Crippen molar-refractivity contribution in [3.8, 4) is 11.8 Å². The van der Waals surface area contributed by atoms with Crippen molar-refractivity contribution in [2.45, 2.75) is 13.8 Å². The smallest absolute Gasteiger partial charge is 0.266 e. The van der Waals surface area contributed by atoms with E-state index in [0.717, 1.165) is 11.1 Å². The number of halogens is 1. The van der Waals surface area contributed by atoms with Gasteiger partial charge in [-0.25, -0.2) is 0 Å². The number of anilines is 2. The molecule has 7 heteroatoms. The Balaban J connectivity index is 1.74. The van der Waals surface area contributed by atoms with Gasteiger partial charge in [0.25, 0.3) is 11.8 Å². The Bertz CT molecular complexity index is 1240. The second-order valence-corrected chi connectivity index (χ2v) is 7.81. The maximum absolute atomic E-state index is 12.6. The van der Waals surface area contributed by atoms with E-state index in [9.17, 15) is 14.9 Å². The van der Waals surface area contributed by atoms with Crippen molar-refractivity contribution < 1.29 is 14.3 Å². The lowest BCUT2D eigenvalue weighted by molar-refractivity contribution is -0.118. The molecule has 0 spiro atoms. The predicted molar refractivity (Wildman–Crippen MR) is 130 cm³/mol. The second kappa shape index (κ2) is 11.0. The molecule has 0 unspecified atom stereocenters. The van der Waals surface area contributed by atoms with Gasteiger partial charge in [0.05, 0.1) is 0 Å². The van der Waals surface area contributed by atoms with Crippen LogP contribution in [0, 0.1) is 25.2 Å². The molecule has 2 amide bonds. The van der Waals surface area contributed by atoms with Gasteiger partial charge in [0.1, 0.15) is 17.4 Å². The number of ether oxygens (including phenoxy) is 1. The van der Waals surface area contributed by atoms with E-state index < -0.39 is 5.91 Å². The molecule has 0 aliphatic carbocycles. The van der Waals surface area contributed by atoms with Crippen LogP contribution in [0.15, 0.2) is 72.3 Å². The van der Waals surface area contributed by atoms with Gasteiger partial charge in [-0.15, -0.1) is 0 Å². The van der Waals surface area contributed by atoms with Crippen LogP contribution in [0.1, 0.15) is 16.7 Å². The molecular weight excluding hydrogens is 438 g/mol. The SMILES string of the molecule is Cc1ccc(NC(=O)COc2ccc(Cl)cc2/C=C(\C#N)C(=O)Nc2cccc(C)c2)cc1. The number of aryl methyl sites for hydroxylation is 2. The first-order valence-electron chi connectivity index (χ1n) is 10.1. The number of amides is 2. The molecule has 0 aliphatic rings. The van der Waals surface area contributed by atoms with Gasteiger partial charge >= 0.3 is 0 Å². The van der Waals surface area contributed by atoms with Crippen LogP contribution in [0.3, 0.4) is 0 Å². The third-order valence-corrected chi connectivity index (χ3v) is 4.84. The van der Waals surface area contributed by atoms with E-state index in [0.29, 0.717) is 27.7 Å². The molecule has 3 aromatic rings. The van der Waals surface area contributed by atoms with Crippen molar-refractivity contribution in [1.29, 1.82) is 5.26 Å². The molecule has 6 nitrogen and oxygen atoms in total. The molecule has 0 bridgehead atoms. The summed E-state index contributed by atoms with van der Waals surface area (Å²) >= 11 is 6.11. The Morgan fingerprint density at radius 3 is 2.42 bits per heavy atom. The van der Waals surface area contributed by atoms with Crippen LogP contribution in [0.2, 0.25) is 5.02 Å². The first-order valence-corrected chi connectivity index (χ1v) is 10.5. The quantitative estimate of drug-likeness (QED) is 0.359. The molecule has 0 aromatic heterocycles. The Kier molecular flexibility index (Phi) is 7.85. The Morgan fingerprint density at radius 2 is 1.73 bits per heavy atom. The average molecular weight is 460 g/mol.